The van der Waals surface area contributed by atoms with Crippen LogP contribution in [0.2, 0.25) is 0 Å². The Morgan fingerprint density at radius 3 is 2.34 bits per heavy atom. The lowest BCUT2D eigenvalue weighted by Gasteiger charge is -2.24. The molecular weight excluding hydrogens is 402 g/mol. The number of alkyl halides is 4. The summed E-state index contributed by atoms with van der Waals surface area (Å²) in [4.78, 5) is 25.8. The molecule has 2 aromatic carbocycles. The van der Waals surface area contributed by atoms with Gasteiger partial charge in [-0.15, -0.1) is 0 Å². The van der Waals surface area contributed by atoms with E-state index in [9.17, 15) is 31.5 Å². The van der Waals surface area contributed by atoms with Crippen LogP contribution in [0.4, 0.5) is 32.0 Å². The van der Waals surface area contributed by atoms with E-state index in [4.69, 9.17) is 0 Å². The van der Waals surface area contributed by atoms with E-state index in [2.05, 4.69) is 0 Å². The van der Waals surface area contributed by atoms with Crippen LogP contribution in [0.3, 0.4) is 0 Å². The van der Waals surface area contributed by atoms with Gasteiger partial charge >= 0.3 is 6.18 Å². The van der Waals surface area contributed by atoms with E-state index >= 15 is 4.39 Å². The zero-order chi connectivity index (χ0) is 21.6. The fourth-order valence-electron chi connectivity index (χ4n) is 3.22. The zero-order valence-corrected chi connectivity index (χ0v) is 14.9. The third-order valence-electron chi connectivity index (χ3n) is 4.77. The summed E-state index contributed by atoms with van der Waals surface area (Å²) in [6.07, 6.45) is -4.61. The van der Waals surface area contributed by atoms with Gasteiger partial charge in [0.2, 0.25) is 0 Å². The largest absolute Gasteiger partial charge is 0.416 e. The molecule has 154 valence electrons. The summed E-state index contributed by atoms with van der Waals surface area (Å²) in [5.41, 5.74) is -4.88. The Morgan fingerprint density at radius 2 is 1.76 bits per heavy atom. The number of carbonyl (C=O) groups excluding carboxylic acids is 2. The predicted molar refractivity (Wildman–Crippen MR) is 90.6 cm³/mol. The zero-order valence-electron chi connectivity index (χ0n) is 14.9. The van der Waals surface area contributed by atoms with Crippen LogP contribution in [0.1, 0.15) is 17.0 Å². The molecule has 29 heavy (non-hydrogen) atoms. The fraction of sp³-hybridized carbons (Fsp3) is 0.263. The third kappa shape index (κ3) is 3.54. The summed E-state index contributed by atoms with van der Waals surface area (Å²) in [5, 5.41) is 1.86. The molecule has 2 atom stereocenters. The fourth-order valence-corrected chi connectivity index (χ4v) is 3.22. The Balaban J connectivity index is 1.96. The van der Waals surface area contributed by atoms with Crippen LogP contribution in [0.5, 0.6) is 0 Å². The first-order valence-electron chi connectivity index (χ1n) is 8.33. The molecule has 1 saturated heterocycles. The summed E-state index contributed by atoms with van der Waals surface area (Å²) >= 11 is 0. The van der Waals surface area contributed by atoms with Gasteiger partial charge in [-0.3, -0.25) is 9.59 Å². The number of benzene rings is 2. The average molecular weight is 416 g/mol. The highest BCUT2D eigenvalue weighted by molar-refractivity contribution is 6.15. The van der Waals surface area contributed by atoms with Crippen molar-refractivity contribution in [1.82, 2.24) is 4.90 Å². The van der Waals surface area contributed by atoms with Crippen molar-refractivity contribution in [3.05, 3.63) is 65.2 Å². The highest BCUT2D eigenvalue weighted by Gasteiger charge is 2.60. The lowest BCUT2D eigenvalue weighted by atomic mass is 9.84. The first-order valence-corrected chi connectivity index (χ1v) is 8.33. The minimum Gasteiger partial charge on any atom is -0.342 e. The summed E-state index contributed by atoms with van der Waals surface area (Å²) < 4.78 is 81.1. The van der Waals surface area contributed by atoms with Crippen molar-refractivity contribution in [2.45, 2.75) is 17.8 Å². The van der Waals surface area contributed by atoms with Crippen molar-refractivity contribution >= 4 is 17.5 Å². The van der Waals surface area contributed by atoms with E-state index < -0.39 is 52.5 Å². The lowest BCUT2D eigenvalue weighted by molar-refractivity contribution is -0.144. The Labute approximate surface area is 161 Å². The minimum absolute atomic E-state index is 0.0203. The SMILES string of the molecule is CN1C[C@H](c2ccc(C(F)(F)F)cc2)[C@](F)(C(=O)Nc2cccc(F)c2F)C1=O. The molecule has 0 unspecified atom stereocenters. The highest BCUT2D eigenvalue weighted by atomic mass is 19.4. The molecular formula is C19H14F6N2O2. The maximum Gasteiger partial charge on any atom is 0.416 e. The second kappa shape index (κ2) is 7.09. The molecule has 4 nitrogen and oxygen atoms in total. The maximum absolute atomic E-state index is 15.7. The smallest absolute Gasteiger partial charge is 0.342 e. The van der Waals surface area contributed by atoms with Crippen molar-refractivity contribution in [3.8, 4) is 0 Å². The van der Waals surface area contributed by atoms with Gasteiger partial charge < -0.3 is 10.2 Å². The Hall–Kier alpha value is -3.04. The van der Waals surface area contributed by atoms with Gasteiger partial charge in [-0.1, -0.05) is 18.2 Å². The molecule has 0 bridgehead atoms. The van der Waals surface area contributed by atoms with E-state index in [1.54, 1.807) is 0 Å². The molecule has 1 heterocycles. The van der Waals surface area contributed by atoms with Gasteiger partial charge in [0.25, 0.3) is 17.5 Å². The number of hydrogen-bond donors (Lipinski definition) is 1. The Morgan fingerprint density at radius 1 is 1.14 bits per heavy atom. The van der Waals surface area contributed by atoms with Crippen LogP contribution in [0.25, 0.3) is 0 Å². The van der Waals surface area contributed by atoms with Gasteiger partial charge in [0, 0.05) is 13.6 Å². The molecule has 2 amide bonds. The number of carbonyl (C=O) groups is 2. The highest BCUT2D eigenvalue weighted by Crippen LogP contribution is 2.41. The molecule has 2 aromatic rings. The molecule has 1 aliphatic heterocycles. The van der Waals surface area contributed by atoms with Crippen molar-refractivity contribution in [1.29, 1.82) is 0 Å². The van der Waals surface area contributed by atoms with Gasteiger partial charge in [-0.25, -0.2) is 13.2 Å². The van der Waals surface area contributed by atoms with Gasteiger partial charge in [0.1, 0.15) is 0 Å². The van der Waals surface area contributed by atoms with E-state index in [0.29, 0.717) is 12.1 Å². The molecule has 3 rings (SSSR count). The van der Waals surface area contributed by atoms with Crippen molar-refractivity contribution in [3.63, 3.8) is 0 Å². The van der Waals surface area contributed by atoms with Crippen LogP contribution >= 0.6 is 0 Å². The van der Waals surface area contributed by atoms with E-state index in [1.807, 2.05) is 5.32 Å². The van der Waals surface area contributed by atoms with Crippen molar-refractivity contribution < 1.29 is 35.9 Å². The van der Waals surface area contributed by atoms with E-state index in [-0.39, 0.29) is 12.1 Å². The minimum atomic E-state index is -4.61. The van der Waals surface area contributed by atoms with Gasteiger partial charge in [0.15, 0.2) is 11.6 Å². The van der Waals surface area contributed by atoms with Crippen molar-refractivity contribution in [2.24, 2.45) is 0 Å². The van der Waals surface area contributed by atoms with Crippen LogP contribution in [0, 0.1) is 11.6 Å². The molecule has 0 spiro atoms. The number of nitrogens with one attached hydrogen (secondary N) is 1. The number of likely N-dealkylation sites (N-methyl/N-ethyl adjacent to an activating group) is 1. The number of nitrogens with zero attached hydrogens (tertiary/aromatic N) is 1. The molecule has 0 aliphatic carbocycles. The predicted octanol–water partition coefficient (Wildman–Crippen LogP) is 3.89. The lowest BCUT2D eigenvalue weighted by Crippen LogP contribution is -2.48. The molecule has 10 heteroatoms. The number of amides is 2. The number of likely N-dealkylation sites (tertiary alicyclic amines) is 1. The molecule has 0 saturated carbocycles. The molecule has 1 aliphatic rings. The summed E-state index contributed by atoms with van der Waals surface area (Å²) in [6.45, 7) is -0.292. The number of halogens is 6. The normalized spacial score (nSPS) is 22.1. The van der Waals surface area contributed by atoms with Gasteiger partial charge in [-0.05, 0) is 29.8 Å². The number of rotatable bonds is 3. The average Bonchev–Trinajstić information content (AvgIpc) is 2.90. The molecule has 0 aromatic heterocycles. The number of anilines is 1. The first-order chi connectivity index (χ1) is 13.5. The van der Waals surface area contributed by atoms with Crippen LogP contribution in [-0.4, -0.2) is 36.0 Å². The monoisotopic (exact) mass is 416 g/mol. The molecule has 0 radical (unpaired) electrons. The standard InChI is InChI=1S/C19H14F6N2O2/c1-27-9-12(10-5-7-11(8-6-10)19(23,24)25)18(22,17(27)29)16(28)26-14-4-2-3-13(20)15(14)21/h2-8,12H,9H2,1H3,(H,26,28)/t12-,18+/m1/s1. The second-order valence-corrected chi connectivity index (χ2v) is 6.63. The Bertz CT molecular complexity index is 960. The van der Waals surface area contributed by atoms with Gasteiger partial charge in [0.05, 0.1) is 17.2 Å². The summed E-state index contributed by atoms with van der Waals surface area (Å²) in [5.74, 6) is -6.95. The van der Waals surface area contributed by atoms with Gasteiger partial charge in [-0.2, -0.15) is 13.2 Å². The quantitative estimate of drug-likeness (QED) is 0.610. The van der Waals surface area contributed by atoms with Crippen LogP contribution < -0.4 is 5.32 Å². The van der Waals surface area contributed by atoms with Crippen molar-refractivity contribution in [2.75, 3.05) is 18.9 Å². The second-order valence-electron chi connectivity index (χ2n) is 6.63. The van der Waals surface area contributed by atoms with Crippen LogP contribution in [0.15, 0.2) is 42.5 Å². The molecule has 1 fully saturated rings. The number of hydrogen-bond acceptors (Lipinski definition) is 2. The summed E-state index contributed by atoms with van der Waals surface area (Å²) in [6, 6.07) is 6.22. The van der Waals surface area contributed by atoms with Crippen LogP contribution in [-0.2, 0) is 15.8 Å². The summed E-state index contributed by atoms with van der Waals surface area (Å²) in [7, 11) is 1.22. The first kappa shape index (κ1) is 20.7. The van der Waals surface area contributed by atoms with E-state index in [1.165, 1.54) is 7.05 Å². The van der Waals surface area contributed by atoms with E-state index in [0.717, 1.165) is 35.2 Å². The third-order valence-corrected chi connectivity index (χ3v) is 4.77. The topological polar surface area (TPSA) is 49.4 Å². The molecule has 1 N–H and O–H groups in total. The maximum atomic E-state index is 15.7. The Kier molecular flexibility index (Phi) is 5.06.